The van der Waals surface area contributed by atoms with Crippen LogP contribution in [0.5, 0.6) is 5.75 Å². The van der Waals surface area contributed by atoms with Gasteiger partial charge in [-0.1, -0.05) is 32.1 Å². The maximum absolute atomic E-state index is 6.20. The lowest BCUT2D eigenvalue weighted by atomic mass is 9.95. The van der Waals surface area contributed by atoms with Gasteiger partial charge >= 0.3 is 0 Å². The Kier molecular flexibility index (Phi) is 7.72. The van der Waals surface area contributed by atoms with Crippen LogP contribution in [0.25, 0.3) is 0 Å². The number of ether oxygens (including phenoxy) is 1. The molecule has 0 aliphatic rings. The summed E-state index contributed by atoms with van der Waals surface area (Å²) >= 11 is 0. The first-order valence-corrected chi connectivity index (χ1v) is 6.14. The second-order valence-electron chi connectivity index (χ2n) is 4.63. The maximum Gasteiger partial charge on any atom is 0.123 e. The van der Waals surface area contributed by atoms with E-state index in [1.807, 2.05) is 12.1 Å². The number of halogens is 1. The number of nitrogens with two attached hydrogens (primary N) is 1. The van der Waals surface area contributed by atoms with E-state index in [1.165, 1.54) is 5.56 Å². The number of allylic oxidation sites excluding steroid dienone is 1. The number of hydrogen-bond donors (Lipinski definition) is 1. The monoisotopic (exact) mass is 269 g/mol. The molecule has 0 heterocycles. The molecule has 0 saturated heterocycles. The predicted molar refractivity (Wildman–Crippen MR) is 80.7 cm³/mol. The van der Waals surface area contributed by atoms with Gasteiger partial charge < -0.3 is 10.5 Å². The Bertz CT molecular complexity index is 377. The predicted octanol–water partition coefficient (Wildman–Crippen LogP) is 4.21. The van der Waals surface area contributed by atoms with Gasteiger partial charge in [0.25, 0.3) is 0 Å². The van der Waals surface area contributed by atoms with E-state index < -0.39 is 0 Å². The molecule has 102 valence electrons. The highest BCUT2D eigenvalue weighted by molar-refractivity contribution is 5.85. The molecule has 2 nitrogen and oxygen atoms in total. The largest absolute Gasteiger partial charge is 0.496 e. The molecular weight excluding hydrogens is 246 g/mol. The minimum atomic E-state index is 0. The second-order valence-corrected chi connectivity index (χ2v) is 4.63. The molecule has 1 aromatic carbocycles. The summed E-state index contributed by atoms with van der Waals surface area (Å²) in [6.07, 6.45) is 3.73. The van der Waals surface area contributed by atoms with Crippen LogP contribution in [-0.2, 0) is 0 Å². The van der Waals surface area contributed by atoms with Crippen LogP contribution in [0.3, 0.4) is 0 Å². The van der Waals surface area contributed by atoms with Crippen molar-refractivity contribution in [1.82, 2.24) is 0 Å². The van der Waals surface area contributed by atoms with Crippen molar-refractivity contribution in [3.05, 3.63) is 42.0 Å². The van der Waals surface area contributed by atoms with E-state index in [9.17, 15) is 0 Å². The molecule has 0 radical (unpaired) electrons. The van der Waals surface area contributed by atoms with Crippen LogP contribution in [0.2, 0.25) is 0 Å². The van der Waals surface area contributed by atoms with Gasteiger partial charge in [0.2, 0.25) is 0 Å². The van der Waals surface area contributed by atoms with Gasteiger partial charge in [-0.2, -0.15) is 0 Å². The van der Waals surface area contributed by atoms with Crippen LogP contribution in [0, 0.1) is 0 Å². The van der Waals surface area contributed by atoms with Crippen molar-refractivity contribution >= 4 is 12.4 Å². The third-order valence-electron chi connectivity index (χ3n) is 3.00. The average Bonchev–Trinajstić information content (AvgIpc) is 2.34. The van der Waals surface area contributed by atoms with E-state index in [-0.39, 0.29) is 18.4 Å². The lowest BCUT2D eigenvalue weighted by Gasteiger charge is -2.17. The van der Waals surface area contributed by atoms with Crippen LogP contribution in [0.15, 0.2) is 30.9 Å². The van der Waals surface area contributed by atoms with Crippen LogP contribution < -0.4 is 10.5 Å². The molecule has 0 aliphatic heterocycles. The Balaban J connectivity index is 0.00000289. The first-order chi connectivity index (χ1) is 8.10. The first-order valence-electron chi connectivity index (χ1n) is 6.14. The Morgan fingerprint density at radius 1 is 1.39 bits per heavy atom. The van der Waals surface area contributed by atoms with Gasteiger partial charge in [-0.25, -0.2) is 0 Å². The molecule has 18 heavy (non-hydrogen) atoms. The van der Waals surface area contributed by atoms with Crippen molar-refractivity contribution in [2.75, 3.05) is 7.11 Å². The lowest BCUT2D eigenvalue weighted by Crippen LogP contribution is -2.12. The highest BCUT2D eigenvalue weighted by Gasteiger charge is 2.13. The quantitative estimate of drug-likeness (QED) is 0.786. The lowest BCUT2D eigenvalue weighted by molar-refractivity contribution is 0.404. The number of hydrogen-bond acceptors (Lipinski definition) is 2. The summed E-state index contributed by atoms with van der Waals surface area (Å²) in [5.41, 5.74) is 8.60. The zero-order valence-electron chi connectivity index (χ0n) is 11.5. The van der Waals surface area contributed by atoms with Crippen molar-refractivity contribution in [1.29, 1.82) is 0 Å². The minimum absolute atomic E-state index is 0. The van der Waals surface area contributed by atoms with Crippen molar-refractivity contribution in [3.63, 3.8) is 0 Å². The molecule has 1 rings (SSSR count). The summed E-state index contributed by atoms with van der Waals surface area (Å²) in [6, 6.07) is 6.30. The standard InChI is InChI=1S/C15H23NO.ClH/c1-5-6-7-14(16)13-10-12(11(2)3)8-9-15(13)17-4;/h5,8-11,14H,1,6-7,16H2,2-4H3;1H/t14-;/m0./s1. The second kappa shape index (κ2) is 8.17. The molecule has 2 N–H and O–H groups in total. The molecule has 0 aromatic heterocycles. The van der Waals surface area contributed by atoms with Crippen LogP contribution in [0.1, 0.15) is 49.8 Å². The zero-order valence-corrected chi connectivity index (χ0v) is 12.3. The van der Waals surface area contributed by atoms with Gasteiger partial charge in [-0.15, -0.1) is 19.0 Å². The smallest absolute Gasteiger partial charge is 0.123 e. The Morgan fingerprint density at radius 2 is 2.06 bits per heavy atom. The van der Waals surface area contributed by atoms with E-state index >= 15 is 0 Å². The Hall–Kier alpha value is -0.990. The molecule has 0 bridgehead atoms. The molecule has 0 amide bonds. The van der Waals surface area contributed by atoms with E-state index in [4.69, 9.17) is 10.5 Å². The van der Waals surface area contributed by atoms with E-state index in [0.29, 0.717) is 5.92 Å². The summed E-state index contributed by atoms with van der Waals surface area (Å²) < 4.78 is 5.38. The van der Waals surface area contributed by atoms with Crippen molar-refractivity contribution in [2.24, 2.45) is 5.73 Å². The molecule has 1 aromatic rings. The summed E-state index contributed by atoms with van der Waals surface area (Å²) in [5, 5.41) is 0. The Morgan fingerprint density at radius 3 is 2.56 bits per heavy atom. The third kappa shape index (κ3) is 4.35. The molecule has 0 unspecified atom stereocenters. The van der Waals surface area contributed by atoms with Gasteiger partial charge in [-0.3, -0.25) is 0 Å². The summed E-state index contributed by atoms with van der Waals surface area (Å²) in [7, 11) is 1.69. The van der Waals surface area contributed by atoms with E-state index in [2.05, 4.69) is 32.6 Å². The average molecular weight is 270 g/mol. The summed E-state index contributed by atoms with van der Waals surface area (Å²) in [6.45, 7) is 8.09. The van der Waals surface area contributed by atoms with Crippen LogP contribution in [-0.4, -0.2) is 7.11 Å². The van der Waals surface area contributed by atoms with Gasteiger partial charge in [0, 0.05) is 11.6 Å². The highest BCUT2D eigenvalue weighted by atomic mass is 35.5. The molecule has 3 heteroatoms. The summed E-state index contributed by atoms with van der Waals surface area (Å²) in [5.74, 6) is 1.39. The summed E-state index contributed by atoms with van der Waals surface area (Å²) in [4.78, 5) is 0. The molecule has 0 spiro atoms. The molecule has 0 saturated carbocycles. The Labute approximate surface area is 117 Å². The van der Waals surface area contributed by atoms with Crippen LogP contribution >= 0.6 is 12.4 Å². The van der Waals surface area contributed by atoms with Crippen LogP contribution in [0.4, 0.5) is 0 Å². The molecule has 0 aliphatic carbocycles. The van der Waals surface area contributed by atoms with Gasteiger partial charge in [0.05, 0.1) is 7.11 Å². The van der Waals surface area contributed by atoms with E-state index in [1.54, 1.807) is 7.11 Å². The van der Waals surface area contributed by atoms with E-state index in [0.717, 1.165) is 24.2 Å². The minimum Gasteiger partial charge on any atom is -0.496 e. The van der Waals surface area contributed by atoms with Gasteiger partial charge in [0.1, 0.15) is 5.75 Å². The first kappa shape index (κ1) is 17.0. The molecule has 1 atom stereocenters. The zero-order chi connectivity index (χ0) is 12.8. The normalized spacial score (nSPS) is 11.8. The number of methoxy groups -OCH3 is 1. The number of benzene rings is 1. The fraction of sp³-hybridized carbons (Fsp3) is 0.467. The van der Waals surface area contributed by atoms with Crippen molar-refractivity contribution < 1.29 is 4.74 Å². The van der Waals surface area contributed by atoms with Gasteiger partial charge in [0.15, 0.2) is 0 Å². The molecular formula is C15H24ClNO. The highest BCUT2D eigenvalue weighted by Crippen LogP contribution is 2.30. The fourth-order valence-electron chi connectivity index (χ4n) is 1.85. The number of rotatable bonds is 6. The maximum atomic E-state index is 6.20. The van der Waals surface area contributed by atoms with Crippen molar-refractivity contribution in [2.45, 2.75) is 38.6 Å². The topological polar surface area (TPSA) is 35.2 Å². The molecule has 0 fully saturated rings. The fourth-order valence-corrected chi connectivity index (χ4v) is 1.85. The SMILES string of the molecule is C=CCC[C@H](N)c1cc(C(C)C)ccc1OC.Cl. The van der Waals surface area contributed by atoms with Crippen molar-refractivity contribution in [3.8, 4) is 5.75 Å². The van der Waals surface area contributed by atoms with Gasteiger partial charge in [-0.05, 0) is 30.4 Å². The third-order valence-corrected chi connectivity index (χ3v) is 3.00.